The third-order valence-electron chi connectivity index (χ3n) is 5.39. The van der Waals surface area contributed by atoms with Crippen LogP contribution in [-0.4, -0.2) is 60.5 Å². The highest BCUT2D eigenvalue weighted by atomic mass is 16.5. The van der Waals surface area contributed by atoms with E-state index in [0.29, 0.717) is 18.1 Å². The fourth-order valence-corrected chi connectivity index (χ4v) is 4.11. The molecular weight excluding hydrogens is 252 g/mol. The van der Waals surface area contributed by atoms with E-state index in [1.807, 2.05) is 0 Å². The van der Waals surface area contributed by atoms with E-state index in [-0.39, 0.29) is 6.10 Å². The van der Waals surface area contributed by atoms with Crippen molar-refractivity contribution in [3.8, 4) is 0 Å². The molecule has 116 valence electrons. The average molecular weight is 282 g/mol. The summed E-state index contributed by atoms with van der Waals surface area (Å²) >= 11 is 0. The Morgan fingerprint density at radius 2 is 1.50 bits per heavy atom. The normalized spacial score (nSPS) is 35.2. The predicted molar refractivity (Wildman–Crippen MR) is 79.8 cm³/mol. The Labute approximate surface area is 122 Å². The maximum absolute atomic E-state index is 10.2. The summed E-state index contributed by atoms with van der Waals surface area (Å²) in [5.74, 6) is 0. The van der Waals surface area contributed by atoms with Crippen molar-refractivity contribution in [3.05, 3.63) is 0 Å². The summed E-state index contributed by atoms with van der Waals surface area (Å²) < 4.78 is 5.42. The summed E-state index contributed by atoms with van der Waals surface area (Å²) in [4.78, 5) is 2.55. The number of aliphatic hydroxyl groups excluding tert-OH is 1. The standard InChI is InChI=1S/C16H30N2O2/c19-16-4-2-1-3-15(16)18-9-5-13(6-10-18)17-14-7-11-20-12-8-14/h13-17,19H,1-12H2. The molecule has 2 unspecified atom stereocenters. The zero-order chi connectivity index (χ0) is 13.8. The number of rotatable bonds is 3. The van der Waals surface area contributed by atoms with Crippen LogP contribution in [0.2, 0.25) is 0 Å². The first kappa shape index (κ1) is 14.8. The van der Waals surface area contributed by atoms with Crippen molar-refractivity contribution in [1.29, 1.82) is 0 Å². The monoisotopic (exact) mass is 282 g/mol. The molecule has 0 bridgehead atoms. The lowest BCUT2D eigenvalue weighted by Gasteiger charge is -2.42. The summed E-state index contributed by atoms with van der Waals surface area (Å²) in [6, 6.07) is 1.78. The lowest BCUT2D eigenvalue weighted by Crippen LogP contribution is -2.53. The van der Waals surface area contributed by atoms with Gasteiger partial charge in [0, 0.05) is 44.4 Å². The molecule has 4 heteroatoms. The molecule has 2 N–H and O–H groups in total. The topological polar surface area (TPSA) is 44.7 Å². The zero-order valence-electron chi connectivity index (χ0n) is 12.6. The van der Waals surface area contributed by atoms with E-state index in [4.69, 9.17) is 4.74 Å². The van der Waals surface area contributed by atoms with Crippen molar-refractivity contribution >= 4 is 0 Å². The Morgan fingerprint density at radius 1 is 0.850 bits per heavy atom. The number of piperidine rings is 1. The second kappa shape index (κ2) is 7.21. The molecule has 3 aliphatic rings. The Kier molecular flexibility index (Phi) is 5.32. The Hall–Kier alpha value is -0.160. The van der Waals surface area contributed by atoms with Crippen LogP contribution in [0.25, 0.3) is 0 Å². The molecule has 3 fully saturated rings. The van der Waals surface area contributed by atoms with Crippen molar-refractivity contribution in [2.75, 3.05) is 26.3 Å². The van der Waals surface area contributed by atoms with E-state index in [1.165, 1.54) is 44.9 Å². The van der Waals surface area contributed by atoms with Crippen LogP contribution >= 0.6 is 0 Å². The highest BCUT2D eigenvalue weighted by Gasteiger charge is 2.31. The van der Waals surface area contributed by atoms with Crippen LogP contribution in [0.1, 0.15) is 51.4 Å². The van der Waals surface area contributed by atoms with Gasteiger partial charge in [-0.15, -0.1) is 0 Å². The molecule has 0 aromatic heterocycles. The van der Waals surface area contributed by atoms with Gasteiger partial charge in [0.2, 0.25) is 0 Å². The molecule has 4 nitrogen and oxygen atoms in total. The molecule has 20 heavy (non-hydrogen) atoms. The van der Waals surface area contributed by atoms with Gasteiger partial charge in [-0.1, -0.05) is 12.8 Å². The molecule has 2 saturated heterocycles. The third kappa shape index (κ3) is 3.73. The van der Waals surface area contributed by atoms with E-state index >= 15 is 0 Å². The number of hydrogen-bond acceptors (Lipinski definition) is 4. The number of nitrogens with one attached hydrogen (secondary N) is 1. The molecule has 3 rings (SSSR count). The van der Waals surface area contributed by atoms with Gasteiger partial charge in [0.1, 0.15) is 0 Å². The summed E-state index contributed by atoms with van der Waals surface area (Å²) in [7, 11) is 0. The number of nitrogens with zero attached hydrogens (tertiary/aromatic N) is 1. The number of likely N-dealkylation sites (tertiary alicyclic amines) is 1. The van der Waals surface area contributed by atoms with Crippen LogP contribution in [0.5, 0.6) is 0 Å². The van der Waals surface area contributed by atoms with Gasteiger partial charge in [-0.25, -0.2) is 0 Å². The first-order valence-electron chi connectivity index (χ1n) is 8.59. The van der Waals surface area contributed by atoms with Gasteiger partial charge in [-0.05, 0) is 38.5 Å². The molecule has 2 aliphatic heterocycles. The van der Waals surface area contributed by atoms with Crippen LogP contribution in [0.3, 0.4) is 0 Å². The van der Waals surface area contributed by atoms with E-state index in [1.54, 1.807) is 0 Å². The van der Waals surface area contributed by atoms with Gasteiger partial charge in [0.25, 0.3) is 0 Å². The minimum Gasteiger partial charge on any atom is -0.391 e. The van der Waals surface area contributed by atoms with Gasteiger partial charge in [-0.2, -0.15) is 0 Å². The molecule has 0 radical (unpaired) electrons. The SMILES string of the molecule is OC1CCCCC1N1CCC(NC2CCOCC2)CC1. The van der Waals surface area contributed by atoms with Gasteiger partial charge in [0.15, 0.2) is 0 Å². The average Bonchev–Trinajstić information content (AvgIpc) is 2.50. The molecule has 1 saturated carbocycles. The van der Waals surface area contributed by atoms with Crippen molar-refractivity contribution in [2.45, 2.75) is 75.6 Å². The Bertz CT molecular complexity index is 286. The summed E-state index contributed by atoms with van der Waals surface area (Å²) in [6.07, 6.45) is 9.43. The van der Waals surface area contributed by atoms with Crippen LogP contribution in [-0.2, 0) is 4.74 Å². The van der Waals surface area contributed by atoms with Crippen molar-refractivity contribution in [3.63, 3.8) is 0 Å². The summed E-state index contributed by atoms with van der Waals surface area (Å²) in [5, 5.41) is 14.0. The van der Waals surface area contributed by atoms with E-state index in [9.17, 15) is 5.11 Å². The molecule has 2 heterocycles. The molecule has 0 amide bonds. The molecule has 0 aromatic rings. The lowest BCUT2D eigenvalue weighted by atomic mass is 9.89. The molecule has 0 aromatic carbocycles. The smallest absolute Gasteiger partial charge is 0.0695 e. The highest BCUT2D eigenvalue weighted by Crippen LogP contribution is 2.26. The van der Waals surface area contributed by atoms with E-state index in [0.717, 1.165) is 32.7 Å². The Balaban J connectivity index is 1.42. The molecular formula is C16H30N2O2. The van der Waals surface area contributed by atoms with Gasteiger partial charge >= 0.3 is 0 Å². The van der Waals surface area contributed by atoms with Gasteiger partial charge < -0.3 is 15.2 Å². The first-order valence-corrected chi connectivity index (χ1v) is 8.59. The lowest BCUT2D eigenvalue weighted by molar-refractivity contribution is 0.00487. The molecule has 2 atom stereocenters. The van der Waals surface area contributed by atoms with Crippen LogP contribution in [0.15, 0.2) is 0 Å². The second-order valence-electron chi connectivity index (χ2n) is 6.78. The summed E-state index contributed by atoms with van der Waals surface area (Å²) in [6.45, 7) is 4.15. The predicted octanol–water partition coefficient (Wildman–Crippen LogP) is 1.52. The first-order chi connectivity index (χ1) is 9.83. The quantitative estimate of drug-likeness (QED) is 0.824. The van der Waals surface area contributed by atoms with Crippen molar-refractivity contribution in [1.82, 2.24) is 10.2 Å². The fourth-order valence-electron chi connectivity index (χ4n) is 4.11. The van der Waals surface area contributed by atoms with Gasteiger partial charge in [-0.3, -0.25) is 4.90 Å². The molecule has 0 spiro atoms. The zero-order valence-corrected chi connectivity index (χ0v) is 12.6. The number of aliphatic hydroxyl groups is 1. The third-order valence-corrected chi connectivity index (χ3v) is 5.39. The minimum absolute atomic E-state index is 0.0799. The highest BCUT2D eigenvalue weighted by molar-refractivity contribution is 4.88. The molecule has 1 aliphatic carbocycles. The maximum Gasteiger partial charge on any atom is 0.0695 e. The van der Waals surface area contributed by atoms with Crippen molar-refractivity contribution in [2.24, 2.45) is 0 Å². The van der Waals surface area contributed by atoms with E-state index in [2.05, 4.69) is 10.2 Å². The largest absolute Gasteiger partial charge is 0.391 e. The van der Waals surface area contributed by atoms with Crippen LogP contribution in [0.4, 0.5) is 0 Å². The van der Waals surface area contributed by atoms with E-state index < -0.39 is 0 Å². The second-order valence-corrected chi connectivity index (χ2v) is 6.78. The minimum atomic E-state index is -0.0799. The maximum atomic E-state index is 10.2. The van der Waals surface area contributed by atoms with Crippen LogP contribution < -0.4 is 5.32 Å². The number of hydrogen-bond donors (Lipinski definition) is 2. The summed E-state index contributed by atoms with van der Waals surface area (Å²) in [5.41, 5.74) is 0. The fraction of sp³-hybridized carbons (Fsp3) is 1.00. The number of ether oxygens (including phenoxy) is 1. The Morgan fingerprint density at radius 3 is 2.20 bits per heavy atom. The van der Waals surface area contributed by atoms with Crippen LogP contribution in [0, 0.1) is 0 Å². The van der Waals surface area contributed by atoms with Crippen molar-refractivity contribution < 1.29 is 9.84 Å². The van der Waals surface area contributed by atoms with Gasteiger partial charge in [0.05, 0.1) is 6.10 Å².